The summed E-state index contributed by atoms with van der Waals surface area (Å²) < 4.78 is 0. The van der Waals surface area contributed by atoms with Gasteiger partial charge in [-0.25, -0.2) is 4.98 Å². The topological polar surface area (TPSA) is 60.2 Å². The molecule has 2 rings (SSSR count). The molecular formula is C15H15N3O. The zero-order valence-corrected chi connectivity index (χ0v) is 10.9. The fourth-order valence-electron chi connectivity index (χ4n) is 1.99. The average Bonchev–Trinajstić information content (AvgIpc) is 2.46. The van der Waals surface area contributed by atoms with Crippen LogP contribution >= 0.6 is 0 Å². The van der Waals surface area contributed by atoms with E-state index in [1.165, 1.54) is 0 Å². The van der Waals surface area contributed by atoms with Crippen LogP contribution in [0, 0.1) is 11.3 Å². The lowest BCUT2D eigenvalue weighted by Gasteiger charge is -2.23. The number of hydrogen-bond acceptors (Lipinski definition) is 4. The third kappa shape index (κ3) is 2.56. The van der Waals surface area contributed by atoms with Crippen molar-refractivity contribution in [3.63, 3.8) is 0 Å². The Kier molecular flexibility index (Phi) is 3.79. The van der Waals surface area contributed by atoms with Gasteiger partial charge in [-0.05, 0) is 25.1 Å². The first-order chi connectivity index (χ1) is 9.15. The van der Waals surface area contributed by atoms with Crippen LogP contribution in [-0.2, 0) is 0 Å². The quantitative estimate of drug-likeness (QED) is 0.913. The van der Waals surface area contributed by atoms with E-state index in [2.05, 4.69) is 11.1 Å². The van der Waals surface area contributed by atoms with Crippen LogP contribution in [0.4, 0.5) is 11.5 Å². The van der Waals surface area contributed by atoms with Gasteiger partial charge >= 0.3 is 0 Å². The normalized spacial score (nSPS) is 11.7. The first-order valence-corrected chi connectivity index (χ1v) is 6.01. The highest BCUT2D eigenvalue weighted by atomic mass is 16.3. The number of para-hydroxylation sites is 1. The molecular weight excluding hydrogens is 238 g/mol. The number of nitrogens with zero attached hydrogens (tertiary/aromatic N) is 3. The Labute approximate surface area is 112 Å². The van der Waals surface area contributed by atoms with Gasteiger partial charge in [0.15, 0.2) is 0 Å². The van der Waals surface area contributed by atoms with Crippen LogP contribution in [-0.4, -0.2) is 17.1 Å². The predicted molar refractivity (Wildman–Crippen MR) is 74.1 cm³/mol. The summed E-state index contributed by atoms with van der Waals surface area (Å²) in [6.07, 6.45) is 1.06. The Balaban J connectivity index is 2.51. The molecule has 0 fully saturated rings. The van der Waals surface area contributed by atoms with Gasteiger partial charge in [-0.15, -0.1) is 0 Å². The molecule has 1 atom stereocenters. The molecule has 4 heteroatoms. The molecule has 0 radical (unpaired) electrons. The van der Waals surface area contributed by atoms with Crippen LogP contribution in [0.2, 0.25) is 0 Å². The zero-order valence-electron chi connectivity index (χ0n) is 10.9. The van der Waals surface area contributed by atoms with Crippen LogP contribution < -0.4 is 4.90 Å². The highest BCUT2D eigenvalue weighted by molar-refractivity contribution is 5.68. The van der Waals surface area contributed by atoms with Crippen LogP contribution in [0.1, 0.15) is 24.2 Å². The Bertz CT molecular complexity index is 617. The molecule has 0 amide bonds. The summed E-state index contributed by atoms with van der Waals surface area (Å²) in [4.78, 5) is 6.13. The molecule has 1 heterocycles. The van der Waals surface area contributed by atoms with Crippen LogP contribution in [0.15, 0.2) is 42.6 Å². The highest BCUT2D eigenvalue weighted by Gasteiger charge is 2.15. The molecule has 0 aliphatic rings. The SMILES string of the molecule is CC(O)c1cccnc1N(C)c1ccccc1C#N. The van der Waals surface area contributed by atoms with Gasteiger partial charge in [-0.3, -0.25) is 0 Å². The number of anilines is 2. The molecule has 0 saturated heterocycles. The van der Waals surface area contributed by atoms with E-state index in [0.717, 1.165) is 11.3 Å². The summed E-state index contributed by atoms with van der Waals surface area (Å²) in [5, 5.41) is 18.9. The number of nitriles is 1. The van der Waals surface area contributed by atoms with Gasteiger partial charge in [0, 0.05) is 18.8 Å². The first kappa shape index (κ1) is 13.1. The summed E-state index contributed by atoms with van der Waals surface area (Å²) in [7, 11) is 1.84. The van der Waals surface area contributed by atoms with E-state index in [0.29, 0.717) is 11.4 Å². The number of hydrogen-bond donors (Lipinski definition) is 1. The van der Waals surface area contributed by atoms with E-state index in [4.69, 9.17) is 5.26 Å². The second-order valence-electron chi connectivity index (χ2n) is 4.28. The maximum atomic E-state index is 9.80. The van der Waals surface area contributed by atoms with Gasteiger partial charge in [-0.1, -0.05) is 18.2 Å². The summed E-state index contributed by atoms with van der Waals surface area (Å²) in [5.74, 6) is 0.653. The molecule has 1 N–H and O–H groups in total. The average molecular weight is 253 g/mol. The zero-order chi connectivity index (χ0) is 13.8. The first-order valence-electron chi connectivity index (χ1n) is 6.01. The van der Waals surface area contributed by atoms with Gasteiger partial charge < -0.3 is 10.0 Å². The molecule has 0 saturated carbocycles. The van der Waals surface area contributed by atoms with Crippen molar-refractivity contribution < 1.29 is 5.11 Å². The second kappa shape index (κ2) is 5.51. The van der Waals surface area contributed by atoms with E-state index < -0.39 is 6.10 Å². The van der Waals surface area contributed by atoms with E-state index >= 15 is 0 Å². The summed E-state index contributed by atoms with van der Waals surface area (Å²) >= 11 is 0. The molecule has 0 aliphatic heterocycles. The van der Waals surface area contributed by atoms with Crippen molar-refractivity contribution in [2.24, 2.45) is 0 Å². The minimum absolute atomic E-state index is 0.576. The number of aliphatic hydroxyl groups is 1. The fourth-order valence-corrected chi connectivity index (χ4v) is 1.99. The van der Waals surface area contributed by atoms with E-state index in [1.54, 1.807) is 25.3 Å². The molecule has 2 aromatic rings. The lowest BCUT2D eigenvalue weighted by atomic mass is 10.1. The molecule has 4 nitrogen and oxygen atoms in total. The number of aliphatic hydroxyl groups excluding tert-OH is 1. The molecule has 19 heavy (non-hydrogen) atoms. The Morgan fingerprint density at radius 3 is 2.68 bits per heavy atom. The summed E-state index contributed by atoms with van der Waals surface area (Å²) in [6.45, 7) is 1.70. The van der Waals surface area contributed by atoms with Gasteiger partial charge in [-0.2, -0.15) is 5.26 Å². The number of pyridine rings is 1. The molecule has 0 bridgehead atoms. The molecule has 1 aromatic carbocycles. The predicted octanol–water partition coefficient (Wildman–Crippen LogP) is 2.77. The number of aromatic nitrogens is 1. The third-order valence-electron chi connectivity index (χ3n) is 2.97. The lowest BCUT2D eigenvalue weighted by molar-refractivity contribution is 0.199. The van der Waals surface area contributed by atoms with Gasteiger partial charge in [0.05, 0.1) is 17.4 Å². The van der Waals surface area contributed by atoms with Gasteiger partial charge in [0.1, 0.15) is 11.9 Å². The van der Waals surface area contributed by atoms with Gasteiger partial charge in [0.25, 0.3) is 0 Å². The van der Waals surface area contributed by atoms with Crippen molar-refractivity contribution in [2.45, 2.75) is 13.0 Å². The van der Waals surface area contributed by atoms with E-state index in [9.17, 15) is 5.11 Å². The van der Waals surface area contributed by atoms with Crippen molar-refractivity contribution >= 4 is 11.5 Å². The van der Waals surface area contributed by atoms with E-state index in [1.807, 2.05) is 36.2 Å². The molecule has 96 valence electrons. The van der Waals surface area contributed by atoms with Crippen LogP contribution in [0.3, 0.4) is 0 Å². The number of rotatable bonds is 3. The maximum Gasteiger partial charge on any atom is 0.138 e. The van der Waals surface area contributed by atoms with Crippen molar-refractivity contribution in [2.75, 3.05) is 11.9 Å². The number of benzene rings is 1. The molecule has 0 aliphatic carbocycles. The Hall–Kier alpha value is -2.38. The monoisotopic (exact) mass is 253 g/mol. The maximum absolute atomic E-state index is 9.80. The Morgan fingerprint density at radius 2 is 2.00 bits per heavy atom. The van der Waals surface area contributed by atoms with Crippen molar-refractivity contribution in [1.82, 2.24) is 4.98 Å². The van der Waals surface area contributed by atoms with Gasteiger partial charge in [0.2, 0.25) is 0 Å². The highest BCUT2D eigenvalue weighted by Crippen LogP contribution is 2.30. The molecule has 1 unspecified atom stereocenters. The molecule has 0 spiro atoms. The second-order valence-corrected chi connectivity index (χ2v) is 4.28. The standard InChI is InChI=1S/C15H15N3O/c1-11(19)13-7-5-9-17-15(13)18(2)14-8-4-3-6-12(14)10-16/h3-9,11,19H,1-2H3. The summed E-state index contributed by atoms with van der Waals surface area (Å²) in [6, 6.07) is 13.1. The minimum atomic E-state index is -0.611. The van der Waals surface area contributed by atoms with Crippen molar-refractivity contribution in [1.29, 1.82) is 5.26 Å². The Morgan fingerprint density at radius 1 is 1.26 bits per heavy atom. The minimum Gasteiger partial charge on any atom is -0.389 e. The van der Waals surface area contributed by atoms with Crippen LogP contribution in [0.25, 0.3) is 0 Å². The smallest absolute Gasteiger partial charge is 0.138 e. The largest absolute Gasteiger partial charge is 0.389 e. The van der Waals surface area contributed by atoms with E-state index in [-0.39, 0.29) is 0 Å². The molecule has 1 aromatic heterocycles. The summed E-state index contributed by atoms with van der Waals surface area (Å²) in [5.41, 5.74) is 2.08. The van der Waals surface area contributed by atoms with Crippen molar-refractivity contribution in [3.05, 3.63) is 53.7 Å². The fraction of sp³-hybridized carbons (Fsp3) is 0.200. The van der Waals surface area contributed by atoms with Crippen LogP contribution in [0.5, 0.6) is 0 Å². The third-order valence-corrected chi connectivity index (χ3v) is 2.97. The lowest BCUT2D eigenvalue weighted by Crippen LogP contribution is -2.15. The van der Waals surface area contributed by atoms with Crippen molar-refractivity contribution in [3.8, 4) is 6.07 Å².